The Labute approximate surface area is 157 Å². The van der Waals surface area contributed by atoms with Gasteiger partial charge in [0, 0.05) is 26.2 Å². The number of fused-ring (bicyclic) bond motifs is 1. The second-order valence-electron chi connectivity index (χ2n) is 5.30. The van der Waals surface area contributed by atoms with Gasteiger partial charge in [0.15, 0.2) is 0 Å². The fourth-order valence-electron chi connectivity index (χ4n) is 2.43. The Balaban J connectivity index is 1.86. The number of hydrogen-bond acceptors (Lipinski definition) is 5. The molecule has 1 N–H and O–H groups in total. The first-order chi connectivity index (χ1) is 11.5. The number of thioether (sulfide) groups is 1. The highest BCUT2D eigenvalue weighted by Gasteiger charge is 2.16. The largest absolute Gasteiger partial charge is 0.326 e. The van der Waals surface area contributed by atoms with Crippen molar-refractivity contribution in [3.63, 3.8) is 0 Å². The average molecular weight is 453 g/mol. The normalized spacial score (nSPS) is 11.0. The third-order valence-corrected chi connectivity index (χ3v) is 4.93. The van der Waals surface area contributed by atoms with Gasteiger partial charge in [-0.1, -0.05) is 11.8 Å². The zero-order valence-electron chi connectivity index (χ0n) is 13.5. The van der Waals surface area contributed by atoms with Crippen molar-refractivity contribution in [2.24, 2.45) is 0 Å². The molecule has 2 aromatic heterocycles. The molecule has 2 heterocycles. The summed E-state index contributed by atoms with van der Waals surface area (Å²) in [5.41, 5.74) is 3.36. The summed E-state index contributed by atoms with van der Waals surface area (Å²) in [5.74, 6) is 0.491. The number of nitrogens with one attached hydrogen (secondary N) is 1. The molecule has 0 fully saturated rings. The van der Waals surface area contributed by atoms with Crippen LogP contribution in [0.4, 0.5) is 5.69 Å². The molecule has 1 amide bonds. The molecule has 0 saturated heterocycles. The van der Waals surface area contributed by atoms with Gasteiger partial charge in [0.25, 0.3) is 5.78 Å². The lowest BCUT2D eigenvalue weighted by Gasteiger charge is -2.10. The highest BCUT2D eigenvalue weighted by atomic mass is 127. The summed E-state index contributed by atoms with van der Waals surface area (Å²) in [4.78, 5) is 21.2. The van der Waals surface area contributed by atoms with Gasteiger partial charge in [0.2, 0.25) is 11.1 Å². The fraction of sp³-hybridized carbons (Fsp3) is 0.250. The summed E-state index contributed by atoms with van der Waals surface area (Å²) in [6.07, 6.45) is 2.17. The van der Waals surface area contributed by atoms with Crippen LogP contribution < -0.4 is 5.32 Å². The van der Waals surface area contributed by atoms with Gasteiger partial charge in [0.1, 0.15) is 0 Å². The van der Waals surface area contributed by atoms with Gasteiger partial charge < -0.3 is 5.32 Å². The van der Waals surface area contributed by atoms with E-state index in [1.54, 1.807) is 4.52 Å². The van der Waals surface area contributed by atoms with Gasteiger partial charge in [-0.05, 0) is 67.0 Å². The van der Waals surface area contributed by atoms with Crippen LogP contribution >= 0.6 is 34.4 Å². The molecule has 3 rings (SSSR count). The SMILES string of the molecule is CSc1nc2nc(C)c(CC(=O)Nc3ccc(I)cc3)c(C)n2n1. The summed E-state index contributed by atoms with van der Waals surface area (Å²) in [5, 5.41) is 8.00. The number of anilines is 1. The van der Waals surface area contributed by atoms with Crippen LogP contribution in [0.15, 0.2) is 29.4 Å². The van der Waals surface area contributed by atoms with Crippen LogP contribution in [0.3, 0.4) is 0 Å². The van der Waals surface area contributed by atoms with Crippen molar-refractivity contribution in [2.45, 2.75) is 25.4 Å². The van der Waals surface area contributed by atoms with Crippen LogP contribution in [0, 0.1) is 17.4 Å². The fourth-order valence-corrected chi connectivity index (χ4v) is 3.13. The number of aromatic nitrogens is 4. The van der Waals surface area contributed by atoms with E-state index in [9.17, 15) is 4.79 Å². The molecule has 3 aromatic rings. The molecule has 0 saturated carbocycles. The highest BCUT2D eigenvalue weighted by molar-refractivity contribution is 14.1. The van der Waals surface area contributed by atoms with Crippen LogP contribution in [0.5, 0.6) is 0 Å². The minimum absolute atomic E-state index is 0.0752. The van der Waals surface area contributed by atoms with E-state index in [2.05, 4.69) is 43.0 Å². The molecule has 0 aliphatic rings. The van der Waals surface area contributed by atoms with E-state index in [-0.39, 0.29) is 12.3 Å². The Kier molecular flexibility index (Phi) is 5.04. The van der Waals surface area contributed by atoms with Crippen molar-refractivity contribution in [1.82, 2.24) is 19.6 Å². The first-order valence-electron chi connectivity index (χ1n) is 7.30. The van der Waals surface area contributed by atoms with Gasteiger partial charge in [-0.3, -0.25) is 4.79 Å². The van der Waals surface area contributed by atoms with Gasteiger partial charge in [-0.25, -0.2) is 9.50 Å². The van der Waals surface area contributed by atoms with Gasteiger partial charge in [-0.2, -0.15) is 4.98 Å². The molecule has 0 unspecified atom stereocenters. The smallest absolute Gasteiger partial charge is 0.253 e. The molecule has 0 bridgehead atoms. The minimum Gasteiger partial charge on any atom is -0.326 e. The summed E-state index contributed by atoms with van der Waals surface area (Å²) >= 11 is 3.70. The molecule has 0 aliphatic carbocycles. The van der Waals surface area contributed by atoms with E-state index in [1.807, 2.05) is 44.4 Å². The standard InChI is InChI=1S/C16H16IN5OS/c1-9-13(8-14(23)19-12-6-4-11(17)5-7-12)10(2)22-15(18-9)20-16(21-22)24-3/h4-7H,8H2,1-3H3,(H,19,23). The van der Waals surface area contributed by atoms with Gasteiger partial charge >= 0.3 is 0 Å². The molecule has 124 valence electrons. The maximum Gasteiger partial charge on any atom is 0.253 e. The number of carbonyl (C=O) groups excluding carboxylic acids is 1. The van der Waals surface area contributed by atoms with E-state index in [0.29, 0.717) is 10.9 Å². The van der Waals surface area contributed by atoms with Crippen molar-refractivity contribution in [1.29, 1.82) is 0 Å². The van der Waals surface area contributed by atoms with E-state index < -0.39 is 0 Å². The lowest BCUT2D eigenvalue weighted by atomic mass is 10.1. The number of aryl methyl sites for hydroxylation is 2. The Morgan fingerprint density at radius 3 is 2.62 bits per heavy atom. The number of nitrogens with zero attached hydrogens (tertiary/aromatic N) is 4. The van der Waals surface area contributed by atoms with E-state index in [4.69, 9.17) is 0 Å². The van der Waals surface area contributed by atoms with Crippen LogP contribution in [-0.2, 0) is 11.2 Å². The van der Waals surface area contributed by atoms with Crippen molar-refractivity contribution < 1.29 is 4.79 Å². The summed E-state index contributed by atoms with van der Waals surface area (Å²) in [7, 11) is 0. The zero-order chi connectivity index (χ0) is 17.3. The van der Waals surface area contributed by atoms with Crippen LogP contribution in [-0.4, -0.2) is 31.7 Å². The second kappa shape index (κ2) is 7.06. The second-order valence-corrected chi connectivity index (χ2v) is 7.32. The first kappa shape index (κ1) is 17.2. The maximum absolute atomic E-state index is 12.4. The number of carbonyl (C=O) groups is 1. The Hall–Kier alpha value is -1.68. The van der Waals surface area contributed by atoms with E-state index in [1.165, 1.54) is 11.8 Å². The Bertz CT molecular complexity index is 907. The Morgan fingerprint density at radius 2 is 1.96 bits per heavy atom. The topological polar surface area (TPSA) is 72.2 Å². The third-order valence-electron chi connectivity index (χ3n) is 3.68. The molecule has 0 atom stereocenters. The lowest BCUT2D eigenvalue weighted by molar-refractivity contribution is -0.115. The molecule has 8 heteroatoms. The van der Waals surface area contributed by atoms with Crippen molar-refractivity contribution in [3.05, 3.63) is 44.8 Å². The molecular weight excluding hydrogens is 437 g/mol. The molecule has 1 aromatic carbocycles. The number of halogens is 1. The number of rotatable bonds is 4. The number of hydrogen-bond donors (Lipinski definition) is 1. The number of amides is 1. The summed E-state index contributed by atoms with van der Waals surface area (Å²) in [6, 6.07) is 7.70. The van der Waals surface area contributed by atoms with Crippen LogP contribution in [0.25, 0.3) is 5.78 Å². The Morgan fingerprint density at radius 1 is 1.25 bits per heavy atom. The predicted octanol–water partition coefficient (Wildman–Crippen LogP) is 3.25. The first-order valence-corrected chi connectivity index (χ1v) is 9.60. The van der Waals surface area contributed by atoms with E-state index >= 15 is 0 Å². The van der Waals surface area contributed by atoms with Gasteiger partial charge in [-0.15, -0.1) is 5.10 Å². The zero-order valence-corrected chi connectivity index (χ0v) is 16.5. The van der Waals surface area contributed by atoms with Crippen molar-refractivity contribution in [3.8, 4) is 0 Å². The maximum atomic E-state index is 12.4. The van der Waals surface area contributed by atoms with Gasteiger partial charge in [0.05, 0.1) is 6.42 Å². The molecule has 24 heavy (non-hydrogen) atoms. The molecular formula is C16H16IN5OS. The summed E-state index contributed by atoms with van der Waals surface area (Å²) < 4.78 is 2.83. The third kappa shape index (κ3) is 3.54. The monoisotopic (exact) mass is 453 g/mol. The van der Waals surface area contributed by atoms with E-state index in [0.717, 1.165) is 26.2 Å². The highest BCUT2D eigenvalue weighted by Crippen LogP contribution is 2.18. The van der Waals surface area contributed by atoms with Crippen LogP contribution in [0.2, 0.25) is 0 Å². The molecule has 0 radical (unpaired) electrons. The van der Waals surface area contributed by atoms with Crippen molar-refractivity contribution >= 4 is 51.7 Å². The number of benzene rings is 1. The summed E-state index contributed by atoms with van der Waals surface area (Å²) in [6.45, 7) is 3.84. The molecule has 0 aliphatic heterocycles. The predicted molar refractivity (Wildman–Crippen MR) is 104 cm³/mol. The molecule has 6 nitrogen and oxygen atoms in total. The van der Waals surface area contributed by atoms with Crippen molar-refractivity contribution in [2.75, 3.05) is 11.6 Å². The quantitative estimate of drug-likeness (QED) is 0.485. The molecule has 0 spiro atoms. The lowest BCUT2D eigenvalue weighted by Crippen LogP contribution is -2.17. The minimum atomic E-state index is -0.0752. The van der Waals surface area contributed by atoms with Crippen LogP contribution in [0.1, 0.15) is 17.0 Å². The average Bonchev–Trinajstić information content (AvgIpc) is 2.97.